The average Bonchev–Trinajstić information content (AvgIpc) is 2.48. The lowest BCUT2D eigenvalue weighted by Crippen LogP contribution is -2.08. The molecule has 2 rings (SSSR count). The van der Waals surface area contributed by atoms with Crippen molar-refractivity contribution in [3.05, 3.63) is 59.2 Å². The second kappa shape index (κ2) is 7.70. The van der Waals surface area contributed by atoms with Gasteiger partial charge in [0.05, 0.1) is 5.69 Å². The van der Waals surface area contributed by atoms with Gasteiger partial charge in [-0.3, -0.25) is 0 Å². The smallest absolute Gasteiger partial charge is 0.142 e. The van der Waals surface area contributed by atoms with Gasteiger partial charge in [0.1, 0.15) is 12.4 Å². The van der Waals surface area contributed by atoms with Gasteiger partial charge >= 0.3 is 0 Å². The van der Waals surface area contributed by atoms with Gasteiger partial charge in [-0.2, -0.15) is 0 Å². The maximum Gasteiger partial charge on any atom is 0.142 e. The Morgan fingerprint density at radius 2 is 1.76 bits per heavy atom. The van der Waals surface area contributed by atoms with Crippen molar-refractivity contribution < 1.29 is 4.74 Å². The zero-order valence-corrected chi connectivity index (χ0v) is 12.9. The Morgan fingerprint density at radius 3 is 2.43 bits per heavy atom. The first-order valence-electron chi connectivity index (χ1n) is 7.40. The van der Waals surface area contributed by atoms with Crippen molar-refractivity contribution in [1.29, 1.82) is 0 Å². The Balaban J connectivity index is 1.92. The summed E-state index contributed by atoms with van der Waals surface area (Å²) in [5.74, 6) is 0.757. The minimum atomic E-state index is 0.545. The van der Waals surface area contributed by atoms with Crippen molar-refractivity contribution in [3.8, 4) is 5.75 Å². The van der Waals surface area contributed by atoms with E-state index < -0.39 is 0 Å². The molecule has 0 aliphatic carbocycles. The van der Waals surface area contributed by atoms with Crippen LogP contribution in [0.1, 0.15) is 23.1 Å². The second-order valence-corrected chi connectivity index (χ2v) is 5.35. The number of benzene rings is 2. The number of hydrogen-bond donors (Lipinski definition) is 2. The highest BCUT2D eigenvalue weighted by Gasteiger charge is 2.03. The normalized spacial score (nSPS) is 10.6. The van der Waals surface area contributed by atoms with Crippen molar-refractivity contribution >= 4 is 5.69 Å². The molecule has 0 atom stereocenters. The van der Waals surface area contributed by atoms with Crippen LogP contribution in [0.3, 0.4) is 0 Å². The molecule has 3 N–H and O–H groups in total. The third-order valence-electron chi connectivity index (χ3n) is 3.48. The van der Waals surface area contributed by atoms with E-state index in [2.05, 4.69) is 42.6 Å². The highest BCUT2D eigenvalue weighted by molar-refractivity contribution is 5.54. The van der Waals surface area contributed by atoms with Gasteiger partial charge in [0.25, 0.3) is 0 Å². The third kappa shape index (κ3) is 4.80. The first kappa shape index (κ1) is 15.4. The summed E-state index contributed by atoms with van der Waals surface area (Å²) in [7, 11) is 1.97. The highest BCUT2D eigenvalue weighted by Crippen LogP contribution is 2.24. The van der Waals surface area contributed by atoms with Crippen LogP contribution >= 0.6 is 0 Å². The van der Waals surface area contributed by atoms with Gasteiger partial charge in [-0.15, -0.1) is 0 Å². The lowest BCUT2D eigenvalue weighted by atomic mass is 10.1. The Kier molecular flexibility index (Phi) is 5.64. The summed E-state index contributed by atoms with van der Waals surface area (Å²) in [5.41, 5.74) is 10.4. The lowest BCUT2D eigenvalue weighted by Gasteiger charge is -2.11. The minimum absolute atomic E-state index is 0.545. The van der Waals surface area contributed by atoms with Crippen LogP contribution in [0.2, 0.25) is 0 Å². The quantitative estimate of drug-likeness (QED) is 0.606. The molecular weight excluding hydrogens is 260 g/mol. The third-order valence-corrected chi connectivity index (χ3v) is 3.48. The van der Waals surface area contributed by atoms with Gasteiger partial charge in [0.2, 0.25) is 0 Å². The van der Waals surface area contributed by atoms with Gasteiger partial charge in [0, 0.05) is 0 Å². The summed E-state index contributed by atoms with van der Waals surface area (Å²) < 4.78 is 5.81. The monoisotopic (exact) mass is 284 g/mol. The predicted octanol–water partition coefficient (Wildman–Crippen LogP) is 3.31. The summed E-state index contributed by atoms with van der Waals surface area (Å²) in [6, 6.07) is 14.4. The molecule has 2 aromatic rings. The Labute approximate surface area is 127 Å². The molecule has 2 aromatic carbocycles. The molecule has 0 saturated carbocycles. The molecule has 0 fully saturated rings. The molecule has 112 valence electrons. The van der Waals surface area contributed by atoms with E-state index in [9.17, 15) is 0 Å². The van der Waals surface area contributed by atoms with Crippen LogP contribution in [-0.4, -0.2) is 13.6 Å². The number of anilines is 1. The second-order valence-electron chi connectivity index (χ2n) is 5.35. The van der Waals surface area contributed by atoms with E-state index >= 15 is 0 Å². The number of hydrogen-bond acceptors (Lipinski definition) is 3. The molecule has 3 nitrogen and oxygen atoms in total. The predicted molar refractivity (Wildman–Crippen MR) is 88.6 cm³/mol. The van der Waals surface area contributed by atoms with Crippen LogP contribution in [0.25, 0.3) is 0 Å². The van der Waals surface area contributed by atoms with E-state index in [1.54, 1.807) is 0 Å². The van der Waals surface area contributed by atoms with Gasteiger partial charge in [-0.1, -0.05) is 35.9 Å². The molecule has 0 saturated heterocycles. The molecule has 0 aliphatic heterocycles. The molecule has 0 unspecified atom stereocenters. The van der Waals surface area contributed by atoms with Crippen LogP contribution < -0.4 is 15.8 Å². The minimum Gasteiger partial charge on any atom is -0.487 e. The number of nitrogens with one attached hydrogen (secondary N) is 1. The maximum absolute atomic E-state index is 6.07. The fraction of sp³-hybridized carbons (Fsp3) is 0.333. The number of rotatable bonds is 7. The van der Waals surface area contributed by atoms with Gasteiger partial charge in [-0.25, -0.2) is 0 Å². The van der Waals surface area contributed by atoms with Crippen molar-refractivity contribution in [3.63, 3.8) is 0 Å². The number of nitrogens with two attached hydrogens (primary N) is 1. The fourth-order valence-electron chi connectivity index (χ4n) is 2.20. The fourth-order valence-corrected chi connectivity index (χ4v) is 2.20. The molecule has 0 spiro atoms. The lowest BCUT2D eigenvalue weighted by molar-refractivity contribution is 0.308. The van der Waals surface area contributed by atoms with E-state index in [1.807, 2.05) is 19.2 Å². The van der Waals surface area contributed by atoms with Gasteiger partial charge < -0.3 is 15.8 Å². The molecule has 0 amide bonds. The van der Waals surface area contributed by atoms with Crippen LogP contribution in [0.15, 0.2) is 42.5 Å². The van der Waals surface area contributed by atoms with E-state index in [4.69, 9.17) is 10.5 Å². The molecule has 0 bridgehead atoms. The summed E-state index contributed by atoms with van der Waals surface area (Å²) in [4.78, 5) is 0. The summed E-state index contributed by atoms with van der Waals surface area (Å²) >= 11 is 0. The van der Waals surface area contributed by atoms with Crippen LogP contribution in [0, 0.1) is 6.92 Å². The van der Waals surface area contributed by atoms with E-state index in [0.29, 0.717) is 12.3 Å². The van der Waals surface area contributed by atoms with E-state index in [0.717, 1.165) is 30.7 Å². The van der Waals surface area contributed by atoms with E-state index in [1.165, 1.54) is 11.1 Å². The zero-order valence-electron chi connectivity index (χ0n) is 12.9. The Hall–Kier alpha value is -2.00. The van der Waals surface area contributed by atoms with Gasteiger partial charge in [0.15, 0.2) is 0 Å². The molecule has 0 radical (unpaired) electrons. The van der Waals surface area contributed by atoms with E-state index in [-0.39, 0.29) is 0 Å². The molecule has 21 heavy (non-hydrogen) atoms. The molecule has 0 aromatic heterocycles. The first-order valence-corrected chi connectivity index (χ1v) is 7.40. The van der Waals surface area contributed by atoms with Crippen LogP contribution in [0.4, 0.5) is 5.69 Å². The van der Waals surface area contributed by atoms with Gasteiger partial charge in [-0.05, 0) is 56.6 Å². The largest absolute Gasteiger partial charge is 0.487 e. The average molecular weight is 284 g/mol. The number of nitrogen functional groups attached to an aromatic ring is 1. The van der Waals surface area contributed by atoms with Crippen LogP contribution in [-0.2, 0) is 13.0 Å². The molecule has 0 aliphatic rings. The van der Waals surface area contributed by atoms with Crippen molar-refractivity contribution in [1.82, 2.24) is 5.32 Å². The number of ether oxygens (including phenoxy) is 1. The Morgan fingerprint density at radius 1 is 1.05 bits per heavy atom. The van der Waals surface area contributed by atoms with Crippen LogP contribution in [0.5, 0.6) is 5.75 Å². The van der Waals surface area contributed by atoms with Crippen molar-refractivity contribution in [2.45, 2.75) is 26.4 Å². The summed E-state index contributed by atoms with van der Waals surface area (Å²) in [5, 5.41) is 3.15. The Bertz CT molecular complexity index is 564. The zero-order chi connectivity index (χ0) is 15.1. The molecule has 0 heterocycles. The van der Waals surface area contributed by atoms with Crippen molar-refractivity contribution in [2.24, 2.45) is 0 Å². The maximum atomic E-state index is 6.07. The standard InChI is InChI=1S/C18H24N2O/c1-14-5-7-16(8-6-14)13-21-18-10-9-15(12-17(18)19)4-3-11-20-2/h5-10,12,20H,3-4,11,13,19H2,1-2H3. The van der Waals surface area contributed by atoms with Crippen molar-refractivity contribution in [2.75, 3.05) is 19.3 Å². The molecule has 3 heteroatoms. The highest BCUT2D eigenvalue weighted by atomic mass is 16.5. The topological polar surface area (TPSA) is 47.3 Å². The first-order chi connectivity index (χ1) is 10.2. The molecular formula is C18H24N2O. The SMILES string of the molecule is CNCCCc1ccc(OCc2ccc(C)cc2)c(N)c1. The number of aryl methyl sites for hydroxylation is 2. The summed E-state index contributed by atoms with van der Waals surface area (Å²) in [6.45, 7) is 3.64. The summed E-state index contributed by atoms with van der Waals surface area (Å²) in [6.07, 6.45) is 2.14.